The van der Waals surface area contributed by atoms with Crippen molar-refractivity contribution in [1.29, 1.82) is 0 Å². The van der Waals surface area contributed by atoms with E-state index in [0.29, 0.717) is 23.8 Å². The maximum Gasteiger partial charge on any atom is 0.269 e. The highest BCUT2D eigenvalue weighted by Gasteiger charge is 2.26. The fraction of sp³-hybridized carbons (Fsp3) is 0.533. The van der Waals surface area contributed by atoms with Gasteiger partial charge < -0.3 is 14.8 Å². The predicted octanol–water partition coefficient (Wildman–Crippen LogP) is 0.494. The Kier molecular flexibility index (Phi) is 5.11. The Morgan fingerprint density at radius 1 is 1.54 bits per heavy atom. The molecule has 1 aliphatic rings. The summed E-state index contributed by atoms with van der Waals surface area (Å²) in [6.07, 6.45) is 1.85. The Balaban J connectivity index is 1.63. The number of rotatable bonds is 6. The molecule has 0 aromatic carbocycles. The summed E-state index contributed by atoms with van der Waals surface area (Å²) in [6, 6.07) is 3.40. The molecule has 2 N–H and O–H groups in total. The zero-order chi connectivity index (χ0) is 16.9. The largest absolute Gasteiger partial charge is 0.377 e. The molecule has 2 atom stereocenters. The summed E-state index contributed by atoms with van der Waals surface area (Å²) in [4.78, 5) is 16.6. The third kappa shape index (κ3) is 3.57. The molecule has 3 rings (SSSR count). The van der Waals surface area contributed by atoms with E-state index in [9.17, 15) is 4.79 Å². The van der Waals surface area contributed by atoms with Crippen LogP contribution in [0.5, 0.6) is 0 Å². The summed E-state index contributed by atoms with van der Waals surface area (Å²) in [5.41, 5.74) is 1.72. The van der Waals surface area contributed by atoms with Crippen LogP contribution in [0.25, 0.3) is 11.4 Å². The standard InChI is InChI=1S/C15H20N6O3/c1-9-10(14-18-20-21-19-14)5-6-11(17-9)15(22)16-8-13(23-2)12-4-3-7-24-12/h5-6,12-13H,3-4,7-8H2,1-2H3,(H,16,22)(H,18,19,20,21). The second kappa shape index (κ2) is 7.45. The number of tetrazole rings is 1. The SMILES string of the molecule is COC(CNC(=O)c1ccc(-c2nn[nH]n2)c(C)n1)C1CCCO1. The van der Waals surface area contributed by atoms with Crippen molar-refractivity contribution in [1.82, 2.24) is 30.9 Å². The Morgan fingerprint density at radius 2 is 2.42 bits per heavy atom. The maximum absolute atomic E-state index is 12.3. The number of H-pyrrole nitrogens is 1. The van der Waals surface area contributed by atoms with Crippen LogP contribution in [0, 0.1) is 6.92 Å². The van der Waals surface area contributed by atoms with Gasteiger partial charge in [-0.05, 0) is 37.1 Å². The summed E-state index contributed by atoms with van der Waals surface area (Å²) in [6.45, 7) is 2.93. The third-order valence-electron chi connectivity index (χ3n) is 4.05. The van der Waals surface area contributed by atoms with Crippen LogP contribution in [0.1, 0.15) is 29.0 Å². The molecule has 24 heavy (non-hydrogen) atoms. The van der Waals surface area contributed by atoms with E-state index in [1.54, 1.807) is 26.2 Å². The Hall–Kier alpha value is -2.39. The number of aromatic amines is 1. The van der Waals surface area contributed by atoms with Gasteiger partial charge in [-0.15, -0.1) is 10.2 Å². The van der Waals surface area contributed by atoms with Crippen molar-refractivity contribution in [2.45, 2.75) is 32.0 Å². The van der Waals surface area contributed by atoms with E-state index >= 15 is 0 Å². The number of methoxy groups -OCH3 is 1. The highest BCUT2D eigenvalue weighted by atomic mass is 16.5. The molecule has 9 nitrogen and oxygen atoms in total. The number of carbonyl (C=O) groups is 1. The van der Waals surface area contributed by atoms with Gasteiger partial charge in [0.05, 0.1) is 6.10 Å². The minimum absolute atomic E-state index is 0.0330. The number of nitrogens with zero attached hydrogens (tertiary/aromatic N) is 4. The molecular formula is C15H20N6O3. The summed E-state index contributed by atoms with van der Waals surface area (Å²) in [5.74, 6) is 0.197. The van der Waals surface area contributed by atoms with Gasteiger partial charge in [-0.2, -0.15) is 5.21 Å². The lowest BCUT2D eigenvalue weighted by molar-refractivity contribution is -0.0247. The summed E-state index contributed by atoms with van der Waals surface area (Å²) in [7, 11) is 1.63. The van der Waals surface area contributed by atoms with Crippen molar-refractivity contribution in [3.63, 3.8) is 0 Å². The Labute approximate surface area is 139 Å². The molecule has 128 valence electrons. The fourth-order valence-corrected chi connectivity index (χ4v) is 2.75. The highest BCUT2D eigenvalue weighted by Crippen LogP contribution is 2.18. The normalized spacial score (nSPS) is 18.5. The molecule has 0 bridgehead atoms. The molecule has 2 aromatic rings. The predicted molar refractivity (Wildman–Crippen MR) is 84.2 cm³/mol. The number of nitrogens with one attached hydrogen (secondary N) is 2. The molecule has 9 heteroatoms. The number of pyridine rings is 1. The number of hydrogen-bond acceptors (Lipinski definition) is 7. The second-order valence-electron chi connectivity index (χ2n) is 5.60. The van der Waals surface area contributed by atoms with Crippen molar-refractivity contribution in [3.05, 3.63) is 23.5 Å². The zero-order valence-electron chi connectivity index (χ0n) is 13.7. The van der Waals surface area contributed by atoms with Gasteiger partial charge in [0.2, 0.25) is 5.82 Å². The van der Waals surface area contributed by atoms with Gasteiger partial charge in [-0.3, -0.25) is 4.79 Å². The molecule has 3 heterocycles. The first-order chi connectivity index (χ1) is 11.7. The van der Waals surface area contributed by atoms with Gasteiger partial charge in [0, 0.05) is 31.5 Å². The minimum atomic E-state index is -0.252. The summed E-state index contributed by atoms with van der Waals surface area (Å²) in [5, 5.41) is 16.6. The smallest absolute Gasteiger partial charge is 0.269 e. The molecule has 1 aliphatic heterocycles. The second-order valence-corrected chi connectivity index (χ2v) is 5.60. The minimum Gasteiger partial charge on any atom is -0.377 e. The van der Waals surface area contributed by atoms with E-state index in [2.05, 4.69) is 30.9 Å². The number of ether oxygens (including phenoxy) is 2. The van der Waals surface area contributed by atoms with Crippen LogP contribution in [0.4, 0.5) is 0 Å². The Bertz CT molecular complexity index is 685. The molecule has 2 unspecified atom stereocenters. The Morgan fingerprint density at radius 3 is 3.04 bits per heavy atom. The molecule has 2 aromatic heterocycles. The number of aryl methyl sites for hydroxylation is 1. The lowest BCUT2D eigenvalue weighted by atomic mass is 10.1. The average molecular weight is 332 g/mol. The van der Waals surface area contributed by atoms with E-state index in [1.807, 2.05) is 0 Å². The molecular weight excluding hydrogens is 312 g/mol. The number of hydrogen-bond donors (Lipinski definition) is 2. The van der Waals surface area contributed by atoms with Crippen LogP contribution in [0.15, 0.2) is 12.1 Å². The molecule has 0 radical (unpaired) electrons. The van der Waals surface area contributed by atoms with Gasteiger partial charge >= 0.3 is 0 Å². The van der Waals surface area contributed by atoms with E-state index in [4.69, 9.17) is 9.47 Å². The van der Waals surface area contributed by atoms with Crippen molar-refractivity contribution in [2.24, 2.45) is 0 Å². The van der Waals surface area contributed by atoms with Crippen LogP contribution in [-0.4, -0.2) is 64.0 Å². The van der Waals surface area contributed by atoms with E-state index in [-0.39, 0.29) is 18.1 Å². The van der Waals surface area contributed by atoms with Crippen LogP contribution in [0.2, 0.25) is 0 Å². The fourth-order valence-electron chi connectivity index (χ4n) is 2.75. The number of carbonyl (C=O) groups excluding carboxylic acids is 1. The summed E-state index contributed by atoms with van der Waals surface area (Å²) < 4.78 is 11.0. The molecule has 0 aliphatic carbocycles. The topological polar surface area (TPSA) is 115 Å². The van der Waals surface area contributed by atoms with Gasteiger partial charge in [0.15, 0.2) is 0 Å². The average Bonchev–Trinajstić information content (AvgIpc) is 3.29. The number of aromatic nitrogens is 5. The van der Waals surface area contributed by atoms with Gasteiger partial charge in [-0.1, -0.05) is 0 Å². The van der Waals surface area contributed by atoms with Gasteiger partial charge in [-0.25, -0.2) is 4.98 Å². The van der Waals surface area contributed by atoms with E-state index < -0.39 is 0 Å². The van der Waals surface area contributed by atoms with Crippen LogP contribution < -0.4 is 5.32 Å². The highest BCUT2D eigenvalue weighted by molar-refractivity contribution is 5.92. The van der Waals surface area contributed by atoms with Crippen LogP contribution in [0.3, 0.4) is 0 Å². The van der Waals surface area contributed by atoms with Crippen LogP contribution in [-0.2, 0) is 9.47 Å². The molecule has 1 saturated heterocycles. The van der Waals surface area contributed by atoms with Crippen molar-refractivity contribution in [2.75, 3.05) is 20.3 Å². The van der Waals surface area contributed by atoms with E-state index in [0.717, 1.165) is 25.0 Å². The van der Waals surface area contributed by atoms with Gasteiger partial charge in [0.25, 0.3) is 5.91 Å². The van der Waals surface area contributed by atoms with Crippen molar-refractivity contribution in [3.8, 4) is 11.4 Å². The third-order valence-corrected chi connectivity index (χ3v) is 4.05. The lowest BCUT2D eigenvalue weighted by Gasteiger charge is -2.21. The molecule has 0 spiro atoms. The van der Waals surface area contributed by atoms with Crippen LogP contribution >= 0.6 is 0 Å². The van der Waals surface area contributed by atoms with E-state index in [1.165, 1.54) is 0 Å². The maximum atomic E-state index is 12.3. The lowest BCUT2D eigenvalue weighted by Crippen LogP contribution is -2.40. The summed E-state index contributed by atoms with van der Waals surface area (Å²) >= 11 is 0. The molecule has 1 fully saturated rings. The first-order valence-electron chi connectivity index (χ1n) is 7.83. The van der Waals surface area contributed by atoms with Crippen molar-refractivity contribution < 1.29 is 14.3 Å². The molecule has 1 amide bonds. The quantitative estimate of drug-likeness (QED) is 0.791. The first kappa shape index (κ1) is 16.5. The molecule has 0 saturated carbocycles. The van der Waals surface area contributed by atoms with Crippen molar-refractivity contribution >= 4 is 5.91 Å². The van der Waals surface area contributed by atoms with Gasteiger partial charge in [0.1, 0.15) is 11.8 Å². The number of amides is 1. The first-order valence-corrected chi connectivity index (χ1v) is 7.83. The zero-order valence-corrected chi connectivity index (χ0v) is 13.7. The monoisotopic (exact) mass is 332 g/mol.